The summed E-state index contributed by atoms with van der Waals surface area (Å²) >= 11 is 5.21. The molecule has 0 saturated heterocycles. The van der Waals surface area contributed by atoms with Crippen LogP contribution in [-0.4, -0.2) is 59.1 Å². The van der Waals surface area contributed by atoms with Crippen molar-refractivity contribution in [3.63, 3.8) is 0 Å². The number of rotatable bonds is 9. The molecule has 0 fully saturated rings. The number of benzene rings is 1. The van der Waals surface area contributed by atoms with Crippen molar-refractivity contribution in [1.29, 1.82) is 0 Å². The van der Waals surface area contributed by atoms with Crippen molar-refractivity contribution in [2.75, 3.05) is 33.4 Å². The predicted octanol–water partition coefficient (Wildman–Crippen LogP) is 3.68. The van der Waals surface area contributed by atoms with Crippen LogP contribution in [0.15, 0.2) is 34.5 Å². The first kappa shape index (κ1) is 21.3. The van der Waals surface area contributed by atoms with Crippen LogP contribution in [0.2, 0.25) is 0 Å². The number of hydrogen-bond donors (Lipinski definition) is 2. The van der Waals surface area contributed by atoms with Crippen LogP contribution >= 0.6 is 12.2 Å². The lowest BCUT2D eigenvalue weighted by atomic mass is 10.2. The highest BCUT2D eigenvalue weighted by Crippen LogP contribution is 2.38. The Labute approximate surface area is 166 Å². The van der Waals surface area contributed by atoms with Crippen LogP contribution in [0, 0.1) is 0 Å². The lowest BCUT2D eigenvalue weighted by molar-refractivity contribution is 0.179. The maximum atomic E-state index is 10.8. The van der Waals surface area contributed by atoms with Gasteiger partial charge >= 0.3 is 0 Å². The summed E-state index contributed by atoms with van der Waals surface area (Å²) in [6, 6.07) is 7.82. The van der Waals surface area contributed by atoms with Crippen LogP contribution in [0.4, 0.5) is 5.69 Å². The van der Waals surface area contributed by atoms with Gasteiger partial charge in [-0.15, -0.1) is 10.2 Å². The van der Waals surface area contributed by atoms with Crippen molar-refractivity contribution in [3.8, 4) is 5.88 Å². The number of likely N-dealkylation sites (N-methyl/N-ethyl adjacent to an activating group) is 1. The molecule has 1 atom stereocenters. The summed E-state index contributed by atoms with van der Waals surface area (Å²) < 4.78 is 6.95. The van der Waals surface area contributed by atoms with E-state index >= 15 is 0 Å². The molecular formula is C19H29N5O2S. The predicted molar refractivity (Wildman–Crippen MR) is 113 cm³/mol. The fourth-order valence-electron chi connectivity index (χ4n) is 3.00. The standard InChI is InChI=1S/C19H29N5O2S/c1-5-23(6-2)11-12-24-16-10-8-7-9-15(16)17(18(24)25)21-22-19(27)20-14(3)13-26-4/h7-10,14,25H,5-6,11-13H2,1-4H3,(H,20,27)/t14-/m1/s1. The molecule has 1 aromatic heterocycles. The van der Waals surface area contributed by atoms with Gasteiger partial charge in [-0.25, -0.2) is 0 Å². The lowest BCUT2D eigenvalue weighted by Gasteiger charge is -2.18. The van der Waals surface area contributed by atoms with Crippen LogP contribution in [0.1, 0.15) is 20.8 Å². The van der Waals surface area contributed by atoms with Crippen molar-refractivity contribution < 1.29 is 9.84 Å². The summed E-state index contributed by atoms with van der Waals surface area (Å²) in [6.07, 6.45) is 0. The highest BCUT2D eigenvalue weighted by molar-refractivity contribution is 7.80. The van der Waals surface area contributed by atoms with Gasteiger partial charge in [-0.1, -0.05) is 32.0 Å². The number of aromatic hydroxyl groups is 1. The molecule has 0 bridgehead atoms. The zero-order valence-corrected chi connectivity index (χ0v) is 17.3. The monoisotopic (exact) mass is 391 g/mol. The molecule has 0 unspecified atom stereocenters. The summed E-state index contributed by atoms with van der Waals surface area (Å²) in [7, 11) is 1.63. The summed E-state index contributed by atoms with van der Waals surface area (Å²) in [5, 5.41) is 23.2. The largest absolute Gasteiger partial charge is 0.493 e. The molecule has 0 spiro atoms. The van der Waals surface area contributed by atoms with Crippen LogP contribution in [-0.2, 0) is 11.3 Å². The Morgan fingerprint density at radius 3 is 2.70 bits per heavy atom. The Kier molecular flexibility index (Phi) is 8.15. The maximum absolute atomic E-state index is 10.8. The number of ether oxygens (including phenoxy) is 1. The van der Waals surface area contributed by atoms with Gasteiger partial charge in [0, 0.05) is 31.6 Å². The number of methoxy groups -OCH3 is 1. The zero-order chi connectivity index (χ0) is 19.8. The molecule has 27 heavy (non-hydrogen) atoms. The lowest BCUT2D eigenvalue weighted by Crippen LogP contribution is -2.33. The fraction of sp³-hybridized carbons (Fsp3) is 0.526. The van der Waals surface area contributed by atoms with E-state index < -0.39 is 0 Å². The molecule has 148 valence electrons. The van der Waals surface area contributed by atoms with Crippen molar-refractivity contribution in [2.45, 2.75) is 33.4 Å². The second-order valence-corrected chi connectivity index (χ2v) is 6.76. The smallest absolute Gasteiger partial charge is 0.220 e. The molecule has 0 saturated carbocycles. The van der Waals surface area contributed by atoms with E-state index in [1.54, 1.807) is 7.11 Å². The van der Waals surface area contributed by atoms with Crippen LogP contribution in [0.5, 0.6) is 5.88 Å². The molecule has 1 aromatic carbocycles. The van der Waals surface area contributed by atoms with Gasteiger partial charge in [-0.2, -0.15) is 0 Å². The zero-order valence-electron chi connectivity index (χ0n) is 16.5. The van der Waals surface area contributed by atoms with E-state index in [0.717, 1.165) is 30.5 Å². The number of para-hydroxylation sites is 1. The molecule has 0 aliphatic rings. The number of nitrogens with zero attached hydrogens (tertiary/aromatic N) is 4. The third-order valence-electron chi connectivity index (χ3n) is 4.48. The van der Waals surface area contributed by atoms with Crippen LogP contribution < -0.4 is 5.32 Å². The molecule has 2 rings (SSSR count). The number of hydrogen-bond acceptors (Lipinski definition) is 5. The number of thiocarbonyl (C=S) groups is 1. The van der Waals surface area contributed by atoms with E-state index in [9.17, 15) is 5.11 Å². The third kappa shape index (κ3) is 5.47. The van der Waals surface area contributed by atoms with Crippen LogP contribution in [0.25, 0.3) is 10.9 Å². The summed E-state index contributed by atoms with van der Waals surface area (Å²) in [5.74, 6) is 0.111. The van der Waals surface area contributed by atoms with Gasteiger partial charge < -0.3 is 24.6 Å². The molecule has 0 aliphatic carbocycles. The molecule has 0 amide bonds. The van der Waals surface area contributed by atoms with E-state index in [1.807, 2.05) is 35.8 Å². The first-order valence-corrected chi connectivity index (χ1v) is 9.66. The van der Waals surface area contributed by atoms with Crippen LogP contribution in [0.3, 0.4) is 0 Å². The highest BCUT2D eigenvalue weighted by atomic mass is 32.1. The Hall–Kier alpha value is -2.03. The van der Waals surface area contributed by atoms with Gasteiger partial charge in [-0.3, -0.25) is 0 Å². The minimum atomic E-state index is 0.0328. The first-order valence-electron chi connectivity index (χ1n) is 9.25. The molecule has 0 aliphatic heterocycles. The fourth-order valence-corrected chi connectivity index (χ4v) is 3.25. The molecule has 1 heterocycles. The molecule has 8 heteroatoms. The van der Waals surface area contributed by atoms with E-state index in [4.69, 9.17) is 17.0 Å². The minimum absolute atomic E-state index is 0.0328. The number of aromatic nitrogens is 1. The first-order chi connectivity index (χ1) is 13.0. The normalized spacial score (nSPS) is 12.9. The number of nitrogens with one attached hydrogen (secondary N) is 1. The van der Waals surface area contributed by atoms with Crippen molar-refractivity contribution in [1.82, 2.24) is 14.8 Å². The van der Waals surface area contributed by atoms with Crippen molar-refractivity contribution in [2.24, 2.45) is 10.2 Å². The van der Waals surface area contributed by atoms with Gasteiger partial charge in [0.1, 0.15) is 0 Å². The molecule has 2 N–H and O–H groups in total. The topological polar surface area (TPSA) is 74.4 Å². The molecule has 7 nitrogen and oxygen atoms in total. The van der Waals surface area contributed by atoms with Gasteiger partial charge in [0.15, 0.2) is 5.69 Å². The Balaban J connectivity index is 2.25. The van der Waals surface area contributed by atoms with Crippen molar-refractivity contribution in [3.05, 3.63) is 24.3 Å². The average molecular weight is 392 g/mol. The average Bonchev–Trinajstić information content (AvgIpc) is 2.92. The van der Waals surface area contributed by atoms with E-state index in [-0.39, 0.29) is 17.0 Å². The number of azo groups is 1. The summed E-state index contributed by atoms with van der Waals surface area (Å²) in [4.78, 5) is 2.31. The van der Waals surface area contributed by atoms with Gasteiger partial charge in [-0.05, 0) is 38.3 Å². The van der Waals surface area contributed by atoms with Gasteiger partial charge in [0.25, 0.3) is 0 Å². The van der Waals surface area contributed by atoms with Gasteiger partial charge in [0.2, 0.25) is 11.0 Å². The quantitative estimate of drug-likeness (QED) is 0.504. The molecule has 2 aromatic rings. The van der Waals surface area contributed by atoms with Gasteiger partial charge in [0.05, 0.1) is 12.1 Å². The van der Waals surface area contributed by atoms with Crippen molar-refractivity contribution >= 4 is 33.9 Å². The van der Waals surface area contributed by atoms with E-state index in [1.165, 1.54) is 0 Å². The minimum Gasteiger partial charge on any atom is -0.493 e. The molecular weight excluding hydrogens is 362 g/mol. The summed E-state index contributed by atoms with van der Waals surface area (Å²) in [6.45, 7) is 10.2. The Morgan fingerprint density at radius 1 is 1.33 bits per heavy atom. The SMILES string of the molecule is CCN(CC)CCn1c(O)c(N=NC(=S)N[C@H](C)COC)c2ccccc21. The second kappa shape index (κ2) is 10.3. The van der Waals surface area contributed by atoms with E-state index in [0.29, 0.717) is 18.8 Å². The highest BCUT2D eigenvalue weighted by Gasteiger charge is 2.17. The number of fused-ring (bicyclic) bond motifs is 1. The Morgan fingerprint density at radius 2 is 2.04 bits per heavy atom. The third-order valence-corrected chi connectivity index (χ3v) is 4.68. The van der Waals surface area contributed by atoms with E-state index in [2.05, 4.69) is 34.3 Å². The summed E-state index contributed by atoms with van der Waals surface area (Å²) in [5.41, 5.74) is 1.37. The second-order valence-electron chi connectivity index (χ2n) is 6.37. The molecule has 0 radical (unpaired) electrons. The Bertz CT molecular complexity index is 786. The maximum Gasteiger partial charge on any atom is 0.220 e.